The van der Waals surface area contributed by atoms with Gasteiger partial charge in [0.05, 0.1) is 0 Å². The van der Waals surface area contributed by atoms with Gasteiger partial charge >= 0.3 is 10.2 Å². The van der Waals surface area contributed by atoms with Crippen molar-refractivity contribution >= 4 is 22.4 Å². The molecule has 2 rings (SSSR count). The van der Waals surface area contributed by atoms with Crippen LogP contribution in [-0.2, 0) is 0 Å². The molecule has 0 fully saturated rings. The highest BCUT2D eigenvalue weighted by Gasteiger charge is 2.65. The van der Waals surface area contributed by atoms with E-state index in [1.165, 1.54) is 0 Å². The minimum Gasteiger partial charge on any atom is -0.0936 e. The molecule has 0 amide bonds. The Labute approximate surface area is 119 Å². The van der Waals surface area contributed by atoms with Gasteiger partial charge in [0.1, 0.15) is 4.90 Å². The van der Waals surface area contributed by atoms with E-state index >= 15 is 0 Å². The van der Waals surface area contributed by atoms with Gasteiger partial charge < -0.3 is 0 Å². The second kappa shape index (κ2) is 4.34. The van der Waals surface area contributed by atoms with E-state index in [-0.39, 0.29) is 0 Å². The van der Waals surface area contributed by atoms with Crippen LogP contribution in [0.4, 0.5) is 19.4 Å². The molecule has 21 heavy (non-hydrogen) atoms. The maximum Gasteiger partial charge on any atom is 0.310 e. The maximum absolute atomic E-state index is 12.5. The zero-order valence-corrected chi connectivity index (χ0v) is 11.9. The summed E-state index contributed by atoms with van der Waals surface area (Å²) >= 11 is 0. The standard InChI is InChI=1S/C15H13F5S/c1-12-2-4-13(5-3-12)6-7-14-8-10-15(11-9-14)21(16,17,18,19)20/h2-11H,1H3/b7-6+. The highest BCUT2D eigenvalue weighted by molar-refractivity contribution is 8.45. The first-order valence-electron chi connectivity index (χ1n) is 6.03. The number of hydrogen-bond donors (Lipinski definition) is 0. The Bertz CT molecular complexity index is 667. The van der Waals surface area contributed by atoms with Crippen LogP contribution in [0.15, 0.2) is 53.4 Å². The fourth-order valence-electron chi connectivity index (χ4n) is 1.71. The van der Waals surface area contributed by atoms with E-state index in [0.29, 0.717) is 17.7 Å². The molecule has 0 radical (unpaired) electrons. The van der Waals surface area contributed by atoms with Crippen LogP contribution in [0, 0.1) is 6.92 Å². The SMILES string of the molecule is Cc1ccc(/C=C/c2ccc(S(F)(F)(F)(F)F)cc2)cc1. The van der Waals surface area contributed by atoms with Crippen molar-refractivity contribution in [2.75, 3.05) is 0 Å². The molecule has 0 saturated carbocycles. The second-order valence-corrected chi connectivity index (χ2v) is 7.19. The minimum atomic E-state index is -9.58. The summed E-state index contributed by atoms with van der Waals surface area (Å²) in [6.07, 6.45) is 3.27. The van der Waals surface area contributed by atoms with Gasteiger partial charge in [-0.1, -0.05) is 73.5 Å². The molecule has 0 N–H and O–H groups in total. The van der Waals surface area contributed by atoms with Gasteiger partial charge in [0, 0.05) is 0 Å². The predicted octanol–water partition coefficient (Wildman–Crippen LogP) is 6.82. The summed E-state index contributed by atoms with van der Waals surface area (Å²) in [5.74, 6) is 0. The van der Waals surface area contributed by atoms with Crippen molar-refractivity contribution < 1.29 is 19.4 Å². The summed E-state index contributed by atoms with van der Waals surface area (Å²) in [4.78, 5) is -1.87. The molecule has 2 aromatic carbocycles. The lowest BCUT2D eigenvalue weighted by Gasteiger charge is -2.40. The van der Waals surface area contributed by atoms with E-state index in [1.807, 2.05) is 31.2 Å². The van der Waals surface area contributed by atoms with Crippen LogP contribution >= 0.6 is 10.2 Å². The number of halogens is 5. The zero-order valence-electron chi connectivity index (χ0n) is 11.1. The Morgan fingerprint density at radius 1 is 0.667 bits per heavy atom. The zero-order chi connectivity index (χ0) is 15.8. The van der Waals surface area contributed by atoms with Crippen LogP contribution in [0.2, 0.25) is 0 Å². The van der Waals surface area contributed by atoms with Gasteiger partial charge in [-0.3, -0.25) is 0 Å². The van der Waals surface area contributed by atoms with Crippen molar-refractivity contribution in [3.63, 3.8) is 0 Å². The predicted molar refractivity (Wildman–Crippen MR) is 77.9 cm³/mol. The number of benzene rings is 2. The molecule has 0 spiro atoms. The lowest BCUT2D eigenvalue weighted by atomic mass is 10.1. The molecular formula is C15H13F5S. The van der Waals surface area contributed by atoms with Gasteiger partial charge in [-0.25, -0.2) is 0 Å². The third-order valence-corrected chi connectivity index (χ3v) is 4.03. The quantitative estimate of drug-likeness (QED) is 0.430. The Morgan fingerprint density at radius 2 is 1.05 bits per heavy atom. The summed E-state index contributed by atoms with van der Waals surface area (Å²) in [5.41, 5.74) is 2.38. The lowest BCUT2D eigenvalue weighted by Crippen LogP contribution is -2.05. The molecule has 6 heteroatoms. The number of aryl methyl sites for hydroxylation is 1. The fourth-order valence-corrected chi connectivity index (χ4v) is 2.36. The minimum absolute atomic E-state index is 0.413. The van der Waals surface area contributed by atoms with E-state index in [9.17, 15) is 19.4 Å². The van der Waals surface area contributed by atoms with E-state index in [1.54, 1.807) is 12.2 Å². The van der Waals surface area contributed by atoms with Crippen LogP contribution in [0.5, 0.6) is 0 Å². The first-order valence-corrected chi connectivity index (χ1v) is 7.98. The first kappa shape index (κ1) is 15.6. The molecule has 0 aliphatic rings. The van der Waals surface area contributed by atoms with Gasteiger partial charge in [0.15, 0.2) is 0 Å². The van der Waals surface area contributed by atoms with Crippen molar-refractivity contribution in [3.05, 3.63) is 65.2 Å². The molecule has 0 unspecified atom stereocenters. The molecular weight excluding hydrogens is 307 g/mol. The monoisotopic (exact) mass is 320 g/mol. The topological polar surface area (TPSA) is 0 Å². The highest BCUT2D eigenvalue weighted by Crippen LogP contribution is 3.02. The van der Waals surface area contributed by atoms with Crippen LogP contribution < -0.4 is 0 Å². The van der Waals surface area contributed by atoms with Crippen LogP contribution in [0.1, 0.15) is 16.7 Å². The number of rotatable bonds is 3. The van der Waals surface area contributed by atoms with Gasteiger partial charge in [-0.2, -0.15) is 0 Å². The van der Waals surface area contributed by atoms with Crippen molar-refractivity contribution in [1.29, 1.82) is 0 Å². The summed E-state index contributed by atoms with van der Waals surface area (Å²) in [7, 11) is -9.58. The summed E-state index contributed by atoms with van der Waals surface area (Å²) in [5, 5.41) is 0. The molecule has 0 saturated heterocycles. The Kier molecular flexibility index (Phi) is 3.21. The molecule has 2 aromatic rings. The average molecular weight is 320 g/mol. The summed E-state index contributed by atoms with van der Waals surface area (Å²) < 4.78 is 62.7. The Hall–Kier alpha value is -1.82. The van der Waals surface area contributed by atoms with Gasteiger partial charge in [-0.15, -0.1) is 0 Å². The van der Waals surface area contributed by atoms with E-state index in [0.717, 1.165) is 23.3 Å². The molecule has 0 heterocycles. The van der Waals surface area contributed by atoms with E-state index < -0.39 is 15.1 Å². The summed E-state index contributed by atoms with van der Waals surface area (Å²) in [6, 6.07) is 10.4. The molecule has 114 valence electrons. The Balaban J connectivity index is 2.23. The van der Waals surface area contributed by atoms with Crippen LogP contribution in [0.25, 0.3) is 12.2 Å². The maximum atomic E-state index is 12.5. The van der Waals surface area contributed by atoms with Crippen molar-refractivity contribution in [3.8, 4) is 0 Å². The highest BCUT2D eigenvalue weighted by atomic mass is 32.5. The molecule has 0 bridgehead atoms. The molecule has 0 aliphatic carbocycles. The third kappa shape index (κ3) is 4.32. The van der Waals surface area contributed by atoms with Gasteiger partial charge in [0.2, 0.25) is 0 Å². The van der Waals surface area contributed by atoms with Crippen molar-refractivity contribution in [2.45, 2.75) is 11.8 Å². The van der Waals surface area contributed by atoms with Gasteiger partial charge in [-0.05, 0) is 30.2 Å². The molecule has 0 nitrogen and oxygen atoms in total. The normalized spacial score (nSPS) is 15.7. The first-order chi connectivity index (χ1) is 9.44. The van der Waals surface area contributed by atoms with Gasteiger partial charge in [0.25, 0.3) is 0 Å². The Morgan fingerprint density at radius 3 is 1.43 bits per heavy atom. The third-order valence-electron chi connectivity index (χ3n) is 2.87. The molecule has 0 atom stereocenters. The van der Waals surface area contributed by atoms with E-state index in [2.05, 4.69) is 0 Å². The fraction of sp³-hybridized carbons (Fsp3) is 0.0667. The molecule has 0 aliphatic heterocycles. The summed E-state index contributed by atoms with van der Waals surface area (Å²) in [6.45, 7) is 1.94. The van der Waals surface area contributed by atoms with Crippen molar-refractivity contribution in [1.82, 2.24) is 0 Å². The van der Waals surface area contributed by atoms with E-state index in [4.69, 9.17) is 0 Å². The average Bonchev–Trinajstić information content (AvgIpc) is 2.36. The lowest BCUT2D eigenvalue weighted by molar-refractivity contribution is 0.364. The van der Waals surface area contributed by atoms with Crippen molar-refractivity contribution in [2.24, 2.45) is 0 Å². The number of hydrogen-bond acceptors (Lipinski definition) is 0. The smallest absolute Gasteiger partial charge is 0.0936 e. The van der Waals surface area contributed by atoms with Crippen LogP contribution in [0.3, 0.4) is 0 Å². The van der Waals surface area contributed by atoms with Crippen LogP contribution in [-0.4, -0.2) is 0 Å². The largest absolute Gasteiger partial charge is 0.310 e. The molecule has 0 aromatic heterocycles. The second-order valence-electron chi connectivity index (χ2n) is 4.78.